The molecule has 0 aliphatic carbocycles. The van der Waals surface area contributed by atoms with E-state index in [1.54, 1.807) is 23.5 Å². The Kier molecular flexibility index (Phi) is 5.84. The molecular formula is C19H20ClNO4S. The highest BCUT2D eigenvalue weighted by molar-refractivity contribution is 7.12. The number of Topliss-reactive ketones (excluding diaryl/α,β-unsaturated/α-hetero) is 1. The second-order valence-corrected chi connectivity index (χ2v) is 8.00. The Morgan fingerprint density at radius 3 is 2.46 bits per heavy atom. The molecule has 5 nitrogen and oxygen atoms in total. The first-order chi connectivity index (χ1) is 12.4. The zero-order chi connectivity index (χ0) is 18.7. The lowest BCUT2D eigenvalue weighted by atomic mass is 10.1. The fourth-order valence-corrected chi connectivity index (χ4v) is 3.91. The van der Waals surface area contributed by atoms with Gasteiger partial charge in [0.25, 0.3) is 0 Å². The first-order valence-corrected chi connectivity index (χ1v) is 9.62. The number of nitrogens with one attached hydrogen (secondary N) is 1. The SMILES string of the molecule is Cc1cc(C(=O)CCC(=O)Nc2cc3c(cc2Cl)OCCCO3)c(C)s1. The summed E-state index contributed by atoms with van der Waals surface area (Å²) in [5.41, 5.74) is 1.16. The Balaban J connectivity index is 1.62. The van der Waals surface area contributed by atoms with Crippen LogP contribution in [0.4, 0.5) is 5.69 Å². The molecule has 7 heteroatoms. The molecule has 0 radical (unpaired) electrons. The predicted octanol–water partition coefficient (Wildman–Crippen LogP) is 4.78. The Hall–Kier alpha value is -2.05. The fraction of sp³-hybridized carbons (Fsp3) is 0.368. The Labute approximate surface area is 161 Å². The molecule has 1 amide bonds. The Morgan fingerprint density at radius 1 is 1.12 bits per heavy atom. The number of anilines is 1. The van der Waals surface area contributed by atoms with E-state index in [2.05, 4.69) is 5.32 Å². The van der Waals surface area contributed by atoms with Gasteiger partial charge < -0.3 is 14.8 Å². The lowest BCUT2D eigenvalue weighted by molar-refractivity contribution is -0.116. The van der Waals surface area contributed by atoms with Crippen molar-refractivity contribution in [3.8, 4) is 11.5 Å². The molecule has 0 unspecified atom stereocenters. The van der Waals surface area contributed by atoms with Gasteiger partial charge in [0.1, 0.15) is 0 Å². The quantitative estimate of drug-likeness (QED) is 0.742. The van der Waals surface area contributed by atoms with Crippen LogP contribution in [0.5, 0.6) is 11.5 Å². The van der Waals surface area contributed by atoms with Crippen molar-refractivity contribution in [2.45, 2.75) is 33.1 Å². The normalized spacial score (nSPS) is 13.2. The van der Waals surface area contributed by atoms with Gasteiger partial charge in [-0.05, 0) is 19.9 Å². The van der Waals surface area contributed by atoms with E-state index in [-0.39, 0.29) is 24.5 Å². The Morgan fingerprint density at radius 2 is 1.81 bits per heavy atom. The first kappa shape index (κ1) is 18.7. The summed E-state index contributed by atoms with van der Waals surface area (Å²) in [7, 11) is 0. The minimum atomic E-state index is -0.264. The van der Waals surface area contributed by atoms with Crippen molar-refractivity contribution in [1.82, 2.24) is 0 Å². The van der Waals surface area contributed by atoms with E-state index in [1.165, 1.54) is 0 Å². The molecule has 0 spiro atoms. The molecule has 1 aromatic heterocycles. The van der Waals surface area contributed by atoms with Crippen molar-refractivity contribution in [3.63, 3.8) is 0 Å². The number of thiophene rings is 1. The topological polar surface area (TPSA) is 64.6 Å². The number of hydrogen-bond donors (Lipinski definition) is 1. The van der Waals surface area contributed by atoms with Gasteiger partial charge >= 0.3 is 0 Å². The van der Waals surface area contributed by atoms with Crippen LogP contribution in [0.1, 0.15) is 39.4 Å². The second-order valence-electron chi connectivity index (χ2n) is 6.13. The summed E-state index contributed by atoms with van der Waals surface area (Å²) in [6, 6.07) is 5.18. The number of halogens is 1. The molecule has 138 valence electrons. The zero-order valence-electron chi connectivity index (χ0n) is 14.7. The number of carbonyl (C=O) groups excluding carboxylic acids is 2. The van der Waals surface area contributed by atoms with Crippen molar-refractivity contribution in [1.29, 1.82) is 0 Å². The van der Waals surface area contributed by atoms with Gasteiger partial charge in [-0.25, -0.2) is 0 Å². The van der Waals surface area contributed by atoms with Gasteiger partial charge in [0.15, 0.2) is 17.3 Å². The molecule has 1 aromatic carbocycles. The summed E-state index contributed by atoms with van der Waals surface area (Å²) in [6.07, 6.45) is 1.04. The third-order valence-corrected chi connectivity index (χ3v) is 5.31. The van der Waals surface area contributed by atoms with Crippen LogP contribution in [0.15, 0.2) is 18.2 Å². The first-order valence-electron chi connectivity index (χ1n) is 8.43. The third kappa shape index (κ3) is 4.37. The van der Waals surface area contributed by atoms with Gasteiger partial charge in [-0.1, -0.05) is 11.6 Å². The maximum absolute atomic E-state index is 12.3. The molecule has 1 aliphatic heterocycles. The van der Waals surface area contributed by atoms with Gasteiger partial charge in [0.05, 0.1) is 23.9 Å². The van der Waals surface area contributed by atoms with E-state index >= 15 is 0 Å². The van der Waals surface area contributed by atoms with Crippen molar-refractivity contribution < 1.29 is 19.1 Å². The van der Waals surface area contributed by atoms with Gasteiger partial charge in [-0.2, -0.15) is 0 Å². The van der Waals surface area contributed by atoms with Gasteiger partial charge in [0, 0.05) is 46.7 Å². The highest BCUT2D eigenvalue weighted by atomic mass is 35.5. The standard InChI is InChI=1S/C19H20ClNO4S/c1-11-8-13(12(2)26-11)16(22)4-5-19(23)21-15-10-18-17(9-14(15)20)24-6-3-7-25-18/h8-10H,3-7H2,1-2H3,(H,21,23). The van der Waals surface area contributed by atoms with E-state index < -0.39 is 0 Å². The molecule has 1 aliphatic rings. The summed E-state index contributed by atoms with van der Waals surface area (Å²) in [5, 5.41) is 3.12. The maximum Gasteiger partial charge on any atom is 0.224 e. The van der Waals surface area contributed by atoms with E-state index in [0.29, 0.717) is 41.0 Å². The van der Waals surface area contributed by atoms with Crippen molar-refractivity contribution in [3.05, 3.63) is 38.5 Å². The number of fused-ring (bicyclic) bond motifs is 1. The number of ether oxygens (including phenoxy) is 2. The highest BCUT2D eigenvalue weighted by Gasteiger charge is 2.17. The highest BCUT2D eigenvalue weighted by Crippen LogP contribution is 2.37. The summed E-state index contributed by atoms with van der Waals surface area (Å²) in [5.74, 6) is 0.845. The summed E-state index contributed by atoms with van der Waals surface area (Å²) >= 11 is 7.81. The van der Waals surface area contributed by atoms with Crippen LogP contribution in [-0.4, -0.2) is 24.9 Å². The number of rotatable bonds is 5. The molecule has 2 aromatic rings. The van der Waals surface area contributed by atoms with Crippen molar-refractivity contribution in [2.24, 2.45) is 0 Å². The minimum absolute atomic E-state index is 0.0215. The van der Waals surface area contributed by atoms with E-state index in [0.717, 1.165) is 16.2 Å². The lowest BCUT2D eigenvalue weighted by Crippen LogP contribution is -2.14. The molecule has 3 rings (SSSR count). The molecule has 0 fully saturated rings. The largest absolute Gasteiger partial charge is 0.490 e. The molecule has 0 atom stereocenters. The zero-order valence-corrected chi connectivity index (χ0v) is 16.3. The monoisotopic (exact) mass is 393 g/mol. The molecule has 26 heavy (non-hydrogen) atoms. The molecular weight excluding hydrogens is 374 g/mol. The number of benzene rings is 1. The van der Waals surface area contributed by atoms with Crippen LogP contribution < -0.4 is 14.8 Å². The van der Waals surface area contributed by atoms with Crippen molar-refractivity contribution in [2.75, 3.05) is 18.5 Å². The predicted molar refractivity (Wildman–Crippen MR) is 103 cm³/mol. The Bertz CT molecular complexity index is 846. The minimum Gasteiger partial charge on any atom is -0.490 e. The van der Waals surface area contributed by atoms with E-state index in [1.807, 2.05) is 19.9 Å². The number of ketones is 1. The smallest absolute Gasteiger partial charge is 0.224 e. The van der Waals surface area contributed by atoms with E-state index in [4.69, 9.17) is 21.1 Å². The number of amides is 1. The molecule has 0 saturated heterocycles. The average molecular weight is 394 g/mol. The summed E-state index contributed by atoms with van der Waals surface area (Å²) in [4.78, 5) is 26.6. The van der Waals surface area contributed by atoms with Gasteiger partial charge in [0.2, 0.25) is 5.91 Å². The van der Waals surface area contributed by atoms with Crippen molar-refractivity contribution >= 4 is 40.3 Å². The molecule has 0 saturated carbocycles. The van der Waals surface area contributed by atoms with Gasteiger partial charge in [-0.15, -0.1) is 11.3 Å². The molecule has 1 N–H and O–H groups in total. The average Bonchev–Trinajstić information content (AvgIpc) is 2.79. The lowest BCUT2D eigenvalue weighted by Gasteiger charge is -2.12. The molecule has 0 bridgehead atoms. The van der Waals surface area contributed by atoms with Crippen LogP contribution >= 0.6 is 22.9 Å². The number of carbonyl (C=O) groups is 2. The van der Waals surface area contributed by atoms with Crippen LogP contribution in [0.3, 0.4) is 0 Å². The number of hydrogen-bond acceptors (Lipinski definition) is 5. The maximum atomic E-state index is 12.3. The van der Waals surface area contributed by atoms with Crippen LogP contribution in [0, 0.1) is 13.8 Å². The second kappa shape index (κ2) is 8.10. The van der Waals surface area contributed by atoms with Gasteiger partial charge in [-0.3, -0.25) is 9.59 Å². The van der Waals surface area contributed by atoms with Crippen LogP contribution in [0.25, 0.3) is 0 Å². The number of aryl methyl sites for hydroxylation is 2. The van der Waals surface area contributed by atoms with Crippen LogP contribution in [0.2, 0.25) is 5.02 Å². The molecule has 2 heterocycles. The fourth-order valence-electron chi connectivity index (χ4n) is 2.76. The third-order valence-electron chi connectivity index (χ3n) is 4.03. The van der Waals surface area contributed by atoms with E-state index in [9.17, 15) is 9.59 Å². The summed E-state index contributed by atoms with van der Waals surface area (Å²) < 4.78 is 11.2. The van der Waals surface area contributed by atoms with Crippen LogP contribution in [-0.2, 0) is 4.79 Å². The summed E-state index contributed by atoms with van der Waals surface area (Å²) in [6.45, 7) is 5.00.